The standard InChI is InChI=1S/C17H29N5O/c1-15(2,3)13-8-12(19-20-13)14(23)21-18-11-9-16(4,5)22-17(6,7)10-11/h8,22H,9-10H2,1-7H3,(H,19,20)(H,21,23). The van der Waals surface area contributed by atoms with Crippen molar-refractivity contribution < 1.29 is 4.79 Å². The van der Waals surface area contributed by atoms with Crippen molar-refractivity contribution in [3.8, 4) is 0 Å². The van der Waals surface area contributed by atoms with Crippen LogP contribution in [0, 0.1) is 0 Å². The van der Waals surface area contributed by atoms with Gasteiger partial charge in [-0.2, -0.15) is 10.2 Å². The number of rotatable bonds is 2. The second-order valence-electron chi connectivity index (χ2n) is 8.78. The van der Waals surface area contributed by atoms with Crippen LogP contribution in [-0.4, -0.2) is 32.9 Å². The predicted molar refractivity (Wildman–Crippen MR) is 92.7 cm³/mol. The van der Waals surface area contributed by atoms with Crippen molar-refractivity contribution >= 4 is 11.6 Å². The molecule has 128 valence electrons. The number of piperidine rings is 1. The summed E-state index contributed by atoms with van der Waals surface area (Å²) in [5.41, 5.74) is 4.81. The van der Waals surface area contributed by atoms with Gasteiger partial charge in [0.15, 0.2) is 5.69 Å². The first-order chi connectivity index (χ1) is 10.4. The molecule has 0 atom stereocenters. The number of carbonyl (C=O) groups excluding carboxylic acids is 1. The summed E-state index contributed by atoms with van der Waals surface area (Å²) in [6.45, 7) is 14.8. The molecule has 0 radical (unpaired) electrons. The van der Waals surface area contributed by atoms with Gasteiger partial charge in [0.25, 0.3) is 5.91 Å². The SMILES string of the molecule is CC1(C)CC(=NNC(=O)c2cc(C(C)(C)C)[nH]n2)CC(C)(C)N1. The average Bonchev–Trinajstić information content (AvgIpc) is 2.81. The van der Waals surface area contributed by atoms with Gasteiger partial charge < -0.3 is 5.32 Å². The van der Waals surface area contributed by atoms with Gasteiger partial charge in [-0.05, 0) is 33.8 Å². The number of hydrogen-bond donors (Lipinski definition) is 3. The van der Waals surface area contributed by atoms with E-state index in [0.717, 1.165) is 24.2 Å². The third-order valence-electron chi connectivity index (χ3n) is 3.90. The third kappa shape index (κ3) is 4.64. The number of hydrazone groups is 1. The molecule has 6 nitrogen and oxygen atoms in total. The van der Waals surface area contributed by atoms with Crippen LogP contribution in [-0.2, 0) is 5.41 Å². The molecule has 1 aliphatic heterocycles. The molecule has 0 aromatic carbocycles. The molecular weight excluding hydrogens is 290 g/mol. The molecule has 0 bridgehead atoms. The lowest BCUT2D eigenvalue weighted by Crippen LogP contribution is -2.58. The van der Waals surface area contributed by atoms with Crippen LogP contribution < -0.4 is 10.7 Å². The van der Waals surface area contributed by atoms with Gasteiger partial charge in [0.1, 0.15) is 0 Å². The number of nitrogens with one attached hydrogen (secondary N) is 3. The number of amides is 1. The van der Waals surface area contributed by atoms with Crippen molar-refractivity contribution in [2.24, 2.45) is 5.10 Å². The third-order valence-corrected chi connectivity index (χ3v) is 3.90. The van der Waals surface area contributed by atoms with Gasteiger partial charge in [-0.15, -0.1) is 0 Å². The number of hydrogen-bond acceptors (Lipinski definition) is 4. The molecule has 23 heavy (non-hydrogen) atoms. The van der Waals surface area contributed by atoms with E-state index in [1.54, 1.807) is 6.07 Å². The molecule has 0 spiro atoms. The van der Waals surface area contributed by atoms with Crippen LogP contribution in [0.25, 0.3) is 0 Å². The van der Waals surface area contributed by atoms with E-state index in [9.17, 15) is 4.79 Å². The molecule has 2 rings (SSSR count). The molecule has 3 N–H and O–H groups in total. The Kier molecular flexibility index (Phi) is 4.41. The molecule has 6 heteroatoms. The van der Waals surface area contributed by atoms with Crippen LogP contribution in [0.1, 0.15) is 77.5 Å². The summed E-state index contributed by atoms with van der Waals surface area (Å²) in [7, 11) is 0. The summed E-state index contributed by atoms with van der Waals surface area (Å²) >= 11 is 0. The van der Waals surface area contributed by atoms with Gasteiger partial charge >= 0.3 is 0 Å². The summed E-state index contributed by atoms with van der Waals surface area (Å²) in [5.74, 6) is -0.279. The molecule has 0 saturated carbocycles. The molecule has 2 heterocycles. The van der Waals surface area contributed by atoms with Crippen molar-refractivity contribution in [3.63, 3.8) is 0 Å². The lowest BCUT2D eigenvalue weighted by atomic mass is 9.81. The van der Waals surface area contributed by atoms with Crippen LogP contribution in [0.15, 0.2) is 11.2 Å². The quantitative estimate of drug-likeness (QED) is 0.733. The van der Waals surface area contributed by atoms with E-state index in [1.165, 1.54) is 0 Å². The Morgan fingerprint density at radius 2 is 1.78 bits per heavy atom. The minimum Gasteiger partial charge on any atom is -0.306 e. The molecule has 1 amide bonds. The van der Waals surface area contributed by atoms with Crippen LogP contribution in [0.4, 0.5) is 0 Å². The number of carbonyl (C=O) groups is 1. The van der Waals surface area contributed by atoms with Crippen LogP contribution >= 0.6 is 0 Å². The minimum absolute atomic E-state index is 0.0307. The second-order valence-corrected chi connectivity index (χ2v) is 8.78. The predicted octanol–water partition coefficient (Wildman–Crippen LogP) is 2.73. The average molecular weight is 319 g/mol. The summed E-state index contributed by atoms with van der Waals surface area (Å²) < 4.78 is 0. The van der Waals surface area contributed by atoms with Gasteiger partial charge in [0.05, 0.1) is 0 Å². The minimum atomic E-state index is -0.279. The fourth-order valence-corrected chi connectivity index (χ4v) is 3.18. The highest BCUT2D eigenvalue weighted by molar-refractivity contribution is 5.94. The van der Waals surface area contributed by atoms with Crippen molar-refractivity contribution in [1.29, 1.82) is 0 Å². The molecular formula is C17H29N5O. The first kappa shape index (κ1) is 17.7. The highest BCUT2D eigenvalue weighted by Gasteiger charge is 2.35. The topological polar surface area (TPSA) is 82.2 Å². The Morgan fingerprint density at radius 1 is 1.22 bits per heavy atom. The fraction of sp³-hybridized carbons (Fsp3) is 0.706. The highest BCUT2D eigenvalue weighted by atomic mass is 16.2. The van der Waals surface area contributed by atoms with E-state index in [4.69, 9.17) is 0 Å². The van der Waals surface area contributed by atoms with E-state index < -0.39 is 0 Å². The van der Waals surface area contributed by atoms with Crippen molar-refractivity contribution in [1.82, 2.24) is 20.9 Å². The van der Waals surface area contributed by atoms with E-state index >= 15 is 0 Å². The molecule has 1 fully saturated rings. The van der Waals surface area contributed by atoms with Gasteiger partial charge in [-0.1, -0.05) is 20.8 Å². The highest BCUT2D eigenvalue weighted by Crippen LogP contribution is 2.26. The zero-order valence-corrected chi connectivity index (χ0v) is 15.3. The normalized spacial score (nSPS) is 20.2. The lowest BCUT2D eigenvalue weighted by molar-refractivity contribution is 0.0948. The maximum absolute atomic E-state index is 12.2. The molecule has 0 aliphatic carbocycles. The first-order valence-electron chi connectivity index (χ1n) is 8.09. The molecule has 1 aromatic rings. The van der Waals surface area contributed by atoms with E-state index in [0.29, 0.717) is 5.69 Å². The summed E-state index contributed by atoms with van der Waals surface area (Å²) in [6, 6.07) is 1.78. The Hall–Kier alpha value is -1.69. The molecule has 0 unspecified atom stereocenters. The largest absolute Gasteiger partial charge is 0.306 e. The number of nitrogens with zero attached hydrogens (tertiary/aromatic N) is 2. The number of aromatic amines is 1. The van der Waals surface area contributed by atoms with E-state index in [-0.39, 0.29) is 22.4 Å². The zero-order chi connectivity index (χ0) is 17.5. The Labute approximate surface area is 138 Å². The van der Waals surface area contributed by atoms with E-state index in [2.05, 4.69) is 74.5 Å². The monoisotopic (exact) mass is 319 g/mol. The van der Waals surface area contributed by atoms with Crippen molar-refractivity contribution in [2.45, 2.75) is 77.8 Å². The number of H-pyrrole nitrogens is 1. The maximum atomic E-state index is 12.2. The summed E-state index contributed by atoms with van der Waals surface area (Å²) in [6.07, 6.45) is 1.62. The van der Waals surface area contributed by atoms with Gasteiger partial charge in [-0.3, -0.25) is 9.89 Å². The van der Waals surface area contributed by atoms with Crippen LogP contribution in [0.5, 0.6) is 0 Å². The van der Waals surface area contributed by atoms with Gasteiger partial charge in [0.2, 0.25) is 0 Å². The Morgan fingerprint density at radius 3 is 2.26 bits per heavy atom. The zero-order valence-electron chi connectivity index (χ0n) is 15.3. The van der Waals surface area contributed by atoms with Gasteiger partial charge in [0, 0.05) is 40.7 Å². The molecule has 1 aliphatic rings. The summed E-state index contributed by atoms with van der Waals surface area (Å²) in [4.78, 5) is 12.2. The maximum Gasteiger partial charge on any atom is 0.291 e. The van der Waals surface area contributed by atoms with Crippen LogP contribution in [0.2, 0.25) is 0 Å². The molecule has 1 saturated heterocycles. The van der Waals surface area contributed by atoms with Crippen LogP contribution in [0.3, 0.4) is 0 Å². The van der Waals surface area contributed by atoms with Gasteiger partial charge in [-0.25, -0.2) is 5.43 Å². The lowest BCUT2D eigenvalue weighted by Gasteiger charge is -2.43. The van der Waals surface area contributed by atoms with E-state index in [1.807, 2.05) is 0 Å². The fourth-order valence-electron chi connectivity index (χ4n) is 3.18. The number of aromatic nitrogens is 2. The van der Waals surface area contributed by atoms with Crippen molar-refractivity contribution in [3.05, 3.63) is 17.5 Å². The first-order valence-corrected chi connectivity index (χ1v) is 8.09. The Balaban J connectivity index is 2.07. The summed E-state index contributed by atoms with van der Waals surface area (Å²) in [5, 5.41) is 14.9. The molecule has 1 aromatic heterocycles. The van der Waals surface area contributed by atoms with Crippen molar-refractivity contribution in [2.75, 3.05) is 0 Å². The Bertz CT molecular complexity index is 601. The second kappa shape index (κ2) is 5.74. The smallest absolute Gasteiger partial charge is 0.291 e.